The molecule has 0 aliphatic carbocycles. The molecule has 0 aliphatic rings. The van der Waals surface area contributed by atoms with E-state index >= 15 is 0 Å². The Labute approximate surface area is 72.7 Å². The molecule has 0 saturated carbocycles. The molecule has 0 radical (unpaired) electrons. The molecule has 3 heteroatoms. The van der Waals surface area contributed by atoms with Crippen LogP contribution in [0.1, 0.15) is 27.2 Å². The van der Waals surface area contributed by atoms with Crippen molar-refractivity contribution < 1.29 is 9.53 Å². The number of thioether (sulfide) groups is 1. The summed E-state index contributed by atoms with van der Waals surface area (Å²) in [5, 5.41) is 0.601. The minimum absolute atomic E-state index is 0.0827. The van der Waals surface area contributed by atoms with Crippen molar-refractivity contribution in [2.75, 3.05) is 12.4 Å². The van der Waals surface area contributed by atoms with Gasteiger partial charge in [0.15, 0.2) is 0 Å². The smallest absolute Gasteiger partial charge is 0.306 e. The maximum Gasteiger partial charge on any atom is 0.306 e. The van der Waals surface area contributed by atoms with E-state index in [0.717, 1.165) is 5.75 Å². The Kier molecular flexibility index (Phi) is 6.42. The van der Waals surface area contributed by atoms with Crippen molar-refractivity contribution in [3.8, 4) is 0 Å². The van der Waals surface area contributed by atoms with Crippen LogP contribution < -0.4 is 0 Å². The van der Waals surface area contributed by atoms with Gasteiger partial charge in [-0.3, -0.25) is 4.79 Å². The van der Waals surface area contributed by atoms with E-state index in [1.807, 2.05) is 6.92 Å². The van der Waals surface area contributed by atoms with Gasteiger partial charge >= 0.3 is 5.97 Å². The number of hydrogen-bond acceptors (Lipinski definition) is 3. The van der Waals surface area contributed by atoms with Gasteiger partial charge in [-0.05, 0) is 12.2 Å². The zero-order valence-corrected chi connectivity index (χ0v) is 8.24. The Morgan fingerprint density at radius 1 is 1.55 bits per heavy atom. The fourth-order valence-electron chi connectivity index (χ4n) is 0.611. The van der Waals surface area contributed by atoms with Crippen LogP contribution >= 0.6 is 11.8 Å². The SMILES string of the molecule is CCOC(=O)CCSC(C)C. The second-order valence-electron chi connectivity index (χ2n) is 2.47. The van der Waals surface area contributed by atoms with Gasteiger partial charge in [-0.25, -0.2) is 0 Å². The predicted molar refractivity (Wildman–Crippen MR) is 48.8 cm³/mol. The topological polar surface area (TPSA) is 26.3 Å². The van der Waals surface area contributed by atoms with Gasteiger partial charge in [0.05, 0.1) is 13.0 Å². The zero-order chi connectivity index (χ0) is 8.69. The number of carbonyl (C=O) groups excluding carboxylic acids is 1. The lowest BCUT2D eigenvalue weighted by atomic mass is 10.5. The highest BCUT2D eigenvalue weighted by Crippen LogP contribution is 2.10. The first-order chi connectivity index (χ1) is 5.16. The average molecular weight is 176 g/mol. The second-order valence-corrected chi connectivity index (χ2v) is 4.16. The molecule has 0 unspecified atom stereocenters. The van der Waals surface area contributed by atoms with E-state index in [2.05, 4.69) is 13.8 Å². The van der Waals surface area contributed by atoms with E-state index in [0.29, 0.717) is 18.3 Å². The molecule has 66 valence electrons. The minimum Gasteiger partial charge on any atom is -0.466 e. The molecule has 2 nitrogen and oxygen atoms in total. The monoisotopic (exact) mass is 176 g/mol. The van der Waals surface area contributed by atoms with Crippen LogP contribution in [0.25, 0.3) is 0 Å². The lowest BCUT2D eigenvalue weighted by Gasteiger charge is -2.03. The lowest BCUT2D eigenvalue weighted by Crippen LogP contribution is -2.05. The van der Waals surface area contributed by atoms with E-state index in [1.165, 1.54) is 0 Å². The number of carbonyl (C=O) groups is 1. The summed E-state index contributed by atoms with van der Waals surface area (Å²) in [6.45, 7) is 6.56. The molecule has 0 amide bonds. The van der Waals surface area contributed by atoms with Crippen LogP contribution in [0.15, 0.2) is 0 Å². The first-order valence-electron chi connectivity index (χ1n) is 3.94. The molecular formula is C8H16O2S. The summed E-state index contributed by atoms with van der Waals surface area (Å²) in [7, 11) is 0. The quantitative estimate of drug-likeness (QED) is 0.600. The number of rotatable bonds is 5. The first-order valence-corrected chi connectivity index (χ1v) is 4.99. The highest BCUT2D eigenvalue weighted by atomic mass is 32.2. The summed E-state index contributed by atoms with van der Waals surface area (Å²) in [5.74, 6) is 0.789. The zero-order valence-electron chi connectivity index (χ0n) is 7.42. The Morgan fingerprint density at radius 3 is 2.64 bits per heavy atom. The molecule has 0 spiro atoms. The van der Waals surface area contributed by atoms with Crippen molar-refractivity contribution in [1.29, 1.82) is 0 Å². The van der Waals surface area contributed by atoms with Gasteiger partial charge in [0, 0.05) is 5.75 Å². The molecule has 0 rings (SSSR count). The molecule has 0 saturated heterocycles. The van der Waals surface area contributed by atoms with E-state index in [4.69, 9.17) is 4.74 Å². The van der Waals surface area contributed by atoms with Crippen LogP contribution in [-0.4, -0.2) is 23.6 Å². The number of ether oxygens (including phenoxy) is 1. The van der Waals surface area contributed by atoms with Crippen molar-refractivity contribution in [1.82, 2.24) is 0 Å². The summed E-state index contributed by atoms with van der Waals surface area (Å²) in [6.07, 6.45) is 0.538. The van der Waals surface area contributed by atoms with Gasteiger partial charge in [0.1, 0.15) is 0 Å². The third-order valence-electron chi connectivity index (χ3n) is 1.06. The van der Waals surface area contributed by atoms with Crippen molar-refractivity contribution >= 4 is 17.7 Å². The van der Waals surface area contributed by atoms with E-state index in [-0.39, 0.29) is 5.97 Å². The van der Waals surface area contributed by atoms with Crippen LogP contribution in [0, 0.1) is 0 Å². The van der Waals surface area contributed by atoms with Crippen LogP contribution in [0.2, 0.25) is 0 Å². The standard InChI is InChI=1S/C8H16O2S/c1-4-10-8(9)5-6-11-7(2)3/h7H,4-6H2,1-3H3. The van der Waals surface area contributed by atoms with Crippen LogP contribution in [-0.2, 0) is 9.53 Å². The van der Waals surface area contributed by atoms with Gasteiger partial charge in [-0.15, -0.1) is 0 Å². The highest BCUT2D eigenvalue weighted by molar-refractivity contribution is 7.99. The molecular weight excluding hydrogens is 160 g/mol. The van der Waals surface area contributed by atoms with Crippen molar-refractivity contribution in [3.63, 3.8) is 0 Å². The van der Waals surface area contributed by atoms with Gasteiger partial charge in [0.2, 0.25) is 0 Å². The number of esters is 1. The third-order valence-corrected chi connectivity index (χ3v) is 2.17. The molecule has 0 atom stereocenters. The maximum absolute atomic E-state index is 10.8. The highest BCUT2D eigenvalue weighted by Gasteiger charge is 2.01. The normalized spacial score (nSPS) is 10.2. The molecule has 0 fully saturated rings. The molecule has 0 N–H and O–H groups in total. The molecule has 0 aromatic rings. The Bertz CT molecular complexity index is 113. The van der Waals surface area contributed by atoms with Crippen LogP contribution in [0.3, 0.4) is 0 Å². The summed E-state index contributed by atoms with van der Waals surface area (Å²) in [5.41, 5.74) is 0. The summed E-state index contributed by atoms with van der Waals surface area (Å²) < 4.78 is 4.77. The molecule has 0 aromatic carbocycles. The Morgan fingerprint density at radius 2 is 2.18 bits per heavy atom. The molecule has 0 aromatic heterocycles. The number of hydrogen-bond donors (Lipinski definition) is 0. The summed E-state index contributed by atoms with van der Waals surface area (Å²) in [4.78, 5) is 10.8. The Hall–Kier alpha value is -0.180. The molecule has 11 heavy (non-hydrogen) atoms. The largest absolute Gasteiger partial charge is 0.466 e. The van der Waals surface area contributed by atoms with Crippen molar-refractivity contribution in [3.05, 3.63) is 0 Å². The predicted octanol–water partition coefficient (Wildman–Crippen LogP) is 2.08. The van der Waals surface area contributed by atoms with Gasteiger partial charge in [-0.2, -0.15) is 11.8 Å². The van der Waals surface area contributed by atoms with Gasteiger partial charge in [0.25, 0.3) is 0 Å². The summed E-state index contributed by atoms with van der Waals surface area (Å²) in [6, 6.07) is 0. The molecule has 0 bridgehead atoms. The van der Waals surface area contributed by atoms with Crippen LogP contribution in [0.4, 0.5) is 0 Å². The van der Waals surface area contributed by atoms with Crippen molar-refractivity contribution in [2.45, 2.75) is 32.4 Å². The maximum atomic E-state index is 10.8. The van der Waals surface area contributed by atoms with E-state index < -0.39 is 0 Å². The van der Waals surface area contributed by atoms with Gasteiger partial charge < -0.3 is 4.74 Å². The van der Waals surface area contributed by atoms with E-state index in [9.17, 15) is 4.79 Å². The summed E-state index contributed by atoms with van der Waals surface area (Å²) >= 11 is 1.78. The fraction of sp³-hybridized carbons (Fsp3) is 0.875. The molecule has 0 aliphatic heterocycles. The van der Waals surface area contributed by atoms with Gasteiger partial charge in [-0.1, -0.05) is 13.8 Å². The minimum atomic E-state index is -0.0827. The molecule has 0 heterocycles. The van der Waals surface area contributed by atoms with Crippen molar-refractivity contribution in [2.24, 2.45) is 0 Å². The third kappa shape index (κ3) is 7.72. The fourth-order valence-corrected chi connectivity index (χ4v) is 1.37. The first kappa shape index (κ1) is 10.8. The average Bonchev–Trinajstić information content (AvgIpc) is 1.87. The van der Waals surface area contributed by atoms with E-state index in [1.54, 1.807) is 11.8 Å². The Balaban J connectivity index is 3.17. The lowest BCUT2D eigenvalue weighted by molar-refractivity contribution is -0.142. The second kappa shape index (κ2) is 6.53. The van der Waals surface area contributed by atoms with Crippen LogP contribution in [0.5, 0.6) is 0 Å².